The number of anilines is 1. The largest absolute Gasteiger partial charge is 0.382 e. The van der Waals surface area contributed by atoms with Crippen molar-refractivity contribution in [3.8, 4) is 10.6 Å². The number of rotatable bonds is 1. The van der Waals surface area contributed by atoms with Gasteiger partial charge in [-0.15, -0.1) is 0 Å². The van der Waals surface area contributed by atoms with Crippen LogP contribution in [0.3, 0.4) is 0 Å². The molecule has 0 spiro atoms. The van der Waals surface area contributed by atoms with Gasteiger partial charge in [0.2, 0.25) is 4.96 Å². The number of nitrogen functional groups attached to an aromatic ring is 1. The van der Waals surface area contributed by atoms with Crippen molar-refractivity contribution < 1.29 is 0 Å². The molecule has 2 heterocycles. The molecule has 4 nitrogen and oxygen atoms in total. The van der Waals surface area contributed by atoms with Crippen molar-refractivity contribution >= 4 is 22.1 Å². The molecule has 2 aromatic heterocycles. The van der Waals surface area contributed by atoms with Crippen LogP contribution in [0, 0.1) is 0 Å². The number of aryl methyl sites for hydroxylation is 2. The van der Waals surface area contributed by atoms with E-state index in [4.69, 9.17) is 5.73 Å². The number of benzene rings is 1. The number of aromatic nitrogens is 3. The maximum Gasteiger partial charge on any atom is 0.214 e. The van der Waals surface area contributed by atoms with Gasteiger partial charge in [0, 0.05) is 5.56 Å². The molecule has 0 bridgehead atoms. The molecule has 1 aliphatic rings. The highest BCUT2D eigenvalue weighted by Gasteiger charge is 2.14. The fourth-order valence-electron chi connectivity index (χ4n) is 2.54. The summed E-state index contributed by atoms with van der Waals surface area (Å²) in [6, 6.07) is 6.66. The van der Waals surface area contributed by atoms with Gasteiger partial charge in [0.25, 0.3) is 0 Å². The summed E-state index contributed by atoms with van der Waals surface area (Å²) in [6.07, 6.45) is 5.44. The first kappa shape index (κ1) is 10.1. The lowest BCUT2D eigenvalue weighted by Gasteiger charge is -2.01. The molecule has 0 unspecified atom stereocenters. The predicted octanol–water partition coefficient (Wildman–Crippen LogP) is 2.53. The zero-order valence-corrected chi connectivity index (χ0v) is 10.6. The molecule has 0 fully saturated rings. The Morgan fingerprint density at radius 1 is 1.22 bits per heavy atom. The standard InChI is InChI=1S/C13H12N4S/c14-11-7-17-13(15-11)18-12(16-17)10-5-4-8-2-1-3-9(8)6-10/h4-7H,1-3,14H2. The van der Waals surface area contributed by atoms with E-state index in [0.29, 0.717) is 5.82 Å². The van der Waals surface area contributed by atoms with Crippen molar-refractivity contribution in [2.45, 2.75) is 19.3 Å². The van der Waals surface area contributed by atoms with Crippen molar-refractivity contribution in [3.05, 3.63) is 35.5 Å². The van der Waals surface area contributed by atoms with Gasteiger partial charge in [-0.05, 0) is 36.5 Å². The first-order valence-corrected chi connectivity index (χ1v) is 6.85. The Labute approximate surface area is 108 Å². The fourth-order valence-corrected chi connectivity index (χ4v) is 3.42. The smallest absolute Gasteiger partial charge is 0.214 e. The van der Waals surface area contributed by atoms with Gasteiger partial charge in [0.1, 0.15) is 10.8 Å². The topological polar surface area (TPSA) is 56.2 Å². The molecule has 2 N–H and O–H groups in total. The van der Waals surface area contributed by atoms with Crippen LogP contribution in [0.4, 0.5) is 5.82 Å². The molecule has 0 radical (unpaired) electrons. The normalized spacial score (nSPS) is 14.2. The first-order chi connectivity index (χ1) is 8.79. The van der Waals surface area contributed by atoms with Crippen LogP contribution in [0.1, 0.15) is 17.5 Å². The average molecular weight is 256 g/mol. The van der Waals surface area contributed by atoms with Crippen LogP contribution >= 0.6 is 11.3 Å². The molecule has 4 rings (SSSR count). The number of hydrogen-bond donors (Lipinski definition) is 1. The number of nitrogens with zero attached hydrogens (tertiary/aromatic N) is 3. The number of hydrogen-bond acceptors (Lipinski definition) is 4. The van der Waals surface area contributed by atoms with E-state index in [9.17, 15) is 0 Å². The molecule has 18 heavy (non-hydrogen) atoms. The molecular formula is C13H12N4S. The van der Waals surface area contributed by atoms with E-state index >= 15 is 0 Å². The molecule has 0 saturated heterocycles. The summed E-state index contributed by atoms with van der Waals surface area (Å²) in [5, 5.41) is 5.53. The third-order valence-corrected chi connectivity index (χ3v) is 4.38. The van der Waals surface area contributed by atoms with Crippen LogP contribution in [0.25, 0.3) is 15.5 Å². The second-order valence-electron chi connectivity index (χ2n) is 4.64. The molecule has 90 valence electrons. The van der Waals surface area contributed by atoms with Gasteiger partial charge in [-0.1, -0.05) is 23.5 Å². The average Bonchev–Trinajstić information content (AvgIpc) is 3.00. The molecule has 3 aromatic rings. The van der Waals surface area contributed by atoms with E-state index < -0.39 is 0 Å². The minimum Gasteiger partial charge on any atom is -0.382 e. The van der Waals surface area contributed by atoms with E-state index in [2.05, 4.69) is 28.3 Å². The quantitative estimate of drug-likeness (QED) is 0.728. The summed E-state index contributed by atoms with van der Waals surface area (Å²) in [4.78, 5) is 5.08. The predicted molar refractivity (Wildman–Crippen MR) is 72.7 cm³/mol. The van der Waals surface area contributed by atoms with Gasteiger partial charge < -0.3 is 5.73 Å². The van der Waals surface area contributed by atoms with Crippen LogP contribution in [-0.4, -0.2) is 14.6 Å². The molecule has 0 aliphatic heterocycles. The molecular weight excluding hydrogens is 244 g/mol. The second-order valence-corrected chi connectivity index (χ2v) is 5.59. The maximum absolute atomic E-state index is 5.63. The highest BCUT2D eigenvalue weighted by Crippen LogP contribution is 2.30. The summed E-state index contributed by atoms with van der Waals surface area (Å²) in [6.45, 7) is 0. The Balaban J connectivity index is 1.83. The van der Waals surface area contributed by atoms with Crippen molar-refractivity contribution in [2.75, 3.05) is 5.73 Å². The third kappa shape index (κ3) is 1.44. The fraction of sp³-hybridized carbons (Fsp3) is 0.231. The number of fused-ring (bicyclic) bond motifs is 2. The number of imidazole rings is 1. The summed E-state index contributed by atoms with van der Waals surface area (Å²) in [5.41, 5.74) is 9.78. The highest BCUT2D eigenvalue weighted by atomic mass is 32.1. The summed E-state index contributed by atoms with van der Waals surface area (Å²) in [7, 11) is 0. The van der Waals surface area contributed by atoms with Crippen molar-refractivity contribution in [2.24, 2.45) is 0 Å². The molecule has 0 atom stereocenters. The van der Waals surface area contributed by atoms with E-state index in [1.54, 1.807) is 22.0 Å². The van der Waals surface area contributed by atoms with Crippen LogP contribution in [0.15, 0.2) is 24.4 Å². The summed E-state index contributed by atoms with van der Waals surface area (Å²) >= 11 is 1.58. The second kappa shape index (κ2) is 3.55. The Morgan fingerprint density at radius 2 is 2.11 bits per heavy atom. The van der Waals surface area contributed by atoms with Gasteiger partial charge >= 0.3 is 0 Å². The Hall–Kier alpha value is -1.88. The molecule has 0 saturated carbocycles. The van der Waals surface area contributed by atoms with Crippen LogP contribution < -0.4 is 5.73 Å². The lowest BCUT2D eigenvalue weighted by molar-refractivity contribution is 0.912. The van der Waals surface area contributed by atoms with Crippen LogP contribution in [-0.2, 0) is 12.8 Å². The zero-order chi connectivity index (χ0) is 12.1. The monoisotopic (exact) mass is 256 g/mol. The van der Waals surface area contributed by atoms with Crippen molar-refractivity contribution in [1.82, 2.24) is 14.6 Å². The van der Waals surface area contributed by atoms with Crippen molar-refractivity contribution in [1.29, 1.82) is 0 Å². The van der Waals surface area contributed by atoms with Gasteiger partial charge in [-0.2, -0.15) is 5.10 Å². The lowest BCUT2D eigenvalue weighted by atomic mass is 10.1. The Morgan fingerprint density at radius 3 is 3.00 bits per heavy atom. The minimum atomic E-state index is 0.522. The summed E-state index contributed by atoms with van der Waals surface area (Å²) < 4.78 is 1.75. The zero-order valence-electron chi connectivity index (χ0n) is 9.76. The maximum atomic E-state index is 5.63. The van der Waals surface area contributed by atoms with Crippen LogP contribution in [0.5, 0.6) is 0 Å². The Bertz CT molecular complexity index is 709. The van der Waals surface area contributed by atoms with Gasteiger partial charge in [0.15, 0.2) is 0 Å². The molecule has 0 amide bonds. The Kier molecular flexibility index (Phi) is 1.99. The van der Waals surface area contributed by atoms with E-state index in [0.717, 1.165) is 9.97 Å². The lowest BCUT2D eigenvalue weighted by Crippen LogP contribution is -1.86. The SMILES string of the molecule is Nc1cn2nc(-c3ccc4c(c3)CCC4)sc2n1. The van der Waals surface area contributed by atoms with Crippen molar-refractivity contribution in [3.63, 3.8) is 0 Å². The molecule has 1 aliphatic carbocycles. The van der Waals surface area contributed by atoms with Gasteiger partial charge in [0.05, 0.1) is 6.20 Å². The first-order valence-electron chi connectivity index (χ1n) is 6.03. The summed E-state index contributed by atoms with van der Waals surface area (Å²) in [5.74, 6) is 0.522. The van der Waals surface area contributed by atoms with E-state index in [-0.39, 0.29) is 0 Å². The van der Waals surface area contributed by atoms with Crippen LogP contribution in [0.2, 0.25) is 0 Å². The van der Waals surface area contributed by atoms with Gasteiger partial charge in [-0.3, -0.25) is 0 Å². The molecule has 5 heteroatoms. The highest BCUT2D eigenvalue weighted by molar-refractivity contribution is 7.19. The minimum absolute atomic E-state index is 0.522. The van der Waals surface area contributed by atoms with Gasteiger partial charge in [-0.25, -0.2) is 9.50 Å². The van der Waals surface area contributed by atoms with E-state index in [1.807, 2.05) is 0 Å². The molecule has 1 aromatic carbocycles. The third-order valence-electron chi connectivity index (χ3n) is 3.41. The number of nitrogens with two attached hydrogens (primary N) is 1. The van der Waals surface area contributed by atoms with E-state index in [1.165, 1.54) is 36.0 Å².